The zero-order valence-corrected chi connectivity index (χ0v) is 18.0. The number of aryl methyl sites for hydroxylation is 1. The Balaban J connectivity index is 1.90. The monoisotopic (exact) mass is 432 g/mol. The lowest BCUT2D eigenvalue weighted by molar-refractivity contribution is -0.137. The maximum atomic E-state index is 13.5. The molecular weight excluding hydrogens is 409 g/mol. The van der Waals surface area contributed by atoms with E-state index in [0.717, 1.165) is 11.0 Å². The molecule has 0 saturated heterocycles. The summed E-state index contributed by atoms with van der Waals surface area (Å²) in [5.41, 5.74) is 1.25. The van der Waals surface area contributed by atoms with Crippen LogP contribution in [-0.2, 0) is 6.18 Å². The number of rotatable bonds is 5. The van der Waals surface area contributed by atoms with E-state index in [2.05, 4.69) is 19.2 Å². The fourth-order valence-corrected chi connectivity index (χ4v) is 4.20. The van der Waals surface area contributed by atoms with Gasteiger partial charge in [-0.3, -0.25) is 4.79 Å². The van der Waals surface area contributed by atoms with Crippen LogP contribution in [0, 0.1) is 13.8 Å². The van der Waals surface area contributed by atoms with Gasteiger partial charge in [0, 0.05) is 27.2 Å². The van der Waals surface area contributed by atoms with Crippen LogP contribution in [0.5, 0.6) is 0 Å². The molecule has 158 valence electrons. The fraction of sp³-hybridized carbons (Fsp3) is 0.261. The molecule has 0 fully saturated rings. The second-order valence-electron chi connectivity index (χ2n) is 7.28. The third-order valence-corrected chi connectivity index (χ3v) is 5.63. The predicted molar refractivity (Wildman–Crippen MR) is 116 cm³/mol. The summed E-state index contributed by atoms with van der Waals surface area (Å²) in [5.74, 6) is -0.358. The first-order valence-corrected chi connectivity index (χ1v) is 10.4. The second kappa shape index (κ2) is 8.60. The normalized spacial score (nSPS) is 11.7. The lowest BCUT2D eigenvalue weighted by atomic mass is 10.1. The van der Waals surface area contributed by atoms with Crippen LogP contribution in [0.1, 0.15) is 41.2 Å². The number of nitrogens with zero attached hydrogens (tertiary/aromatic N) is 1. The Hall–Kier alpha value is -2.67. The standard InChI is InChI=1S/C23H23F3N2OS/c1-14(2)30-18-11-9-17(10-12-18)27-22(29)19-13-15(3)28(16(19)4)21-8-6-5-7-20(21)23(24,25)26/h5-14H,1-4H3,(H,27,29). The number of para-hydroxylation sites is 1. The van der Waals surface area contributed by atoms with Crippen LogP contribution in [0.25, 0.3) is 5.69 Å². The van der Waals surface area contributed by atoms with E-state index in [0.29, 0.717) is 27.9 Å². The van der Waals surface area contributed by atoms with Crippen molar-refractivity contribution < 1.29 is 18.0 Å². The zero-order chi connectivity index (χ0) is 22.1. The predicted octanol–water partition coefficient (Wildman–Crippen LogP) is 6.87. The Labute approximate surface area is 178 Å². The summed E-state index contributed by atoms with van der Waals surface area (Å²) in [6, 6.07) is 14.5. The summed E-state index contributed by atoms with van der Waals surface area (Å²) in [4.78, 5) is 13.9. The van der Waals surface area contributed by atoms with Crippen LogP contribution < -0.4 is 5.32 Å². The summed E-state index contributed by atoms with van der Waals surface area (Å²) in [7, 11) is 0. The van der Waals surface area contributed by atoms with Gasteiger partial charge in [0.1, 0.15) is 0 Å². The third-order valence-electron chi connectivity index (χ3n) is 4.61. The number of benzene rings is 2. The maximum absolute atomic E-state index is 13.5. The van der Waals surface area contributed by atoms with Gasteiger partial charge < -0.3 is 9.88 Å². The molecule has 3 rings (SSSR count). The van der Waals surface area contributed by atoms with Crippen molar-refractivity contribution in [3.05, 3.63) is 77.1 Å². The molecule has 0 saturated carbocycles. The Bertz CT molecular complexity index is 1050. The highest BCUT2D eigenvalue weighted by Crippen LogP contribution is 2.35. The Morgan fingerprint density at radius 2 is 1.67 bits per heavy atom. The summed E-state index contributed by atoms with van der Waals surface area (Å²) < 4.78 is 41.9. The Kier molecular flexibility index (Phi) is 6.31. The van der Waals surface area contributed by atoms with Crippen molar-refractivity contribution in [2.24, 2.45) is 0 Å². The molecule has 1 aromatic heterocycles. The molecule has 7 heteroatoms. The molecule has 0 radical (unpaired) electrons. The first-order chi connectivity index (χ1) is 14.1. The average molecular weight is 433 g/mol. The Morgan fingerprint density at radius 3 is 2.27 bits per heavy atom. The number of carbonyl (C=O) groups excluding carboxylic acids is 1. The van der Waals surface area contributed by atoms with Crippen LogP contribution in [0.4, 0.5) is 18.9 Å². The van der Waals surface area contributed by atoms with E-state index < -0.39 is 11.7 Å². The summed E-state index contributed by atoms with van der Waals surface area (Å²) in [6.07, 6.45) is -4.49. The molecule has 2 aromatic carbocycles. The maximum Gasteiger partial charge on any atom is 0.418 e. The van der Waals surface area contributed by atoms with Gasteiger partial charge in [0.2, 0.25) is 0 Å². The third kappa shape index (κ3) is 4.73. The van der Waals surface area contributed by atoms with Gasteiger partial charge in [-0.15, -0.1) is 11.8 Å². The molecule has 0 aliphatic carbocycles. The molecular formula is C23H23F3N2OS. The van der Waals surface area contributed by atoms with Crippen LogP contribution in [-0.4, -0.2) is 15.7 Å². The highest BCUT2D eigenvalue weighted by Gasteiger charge is 2.34. The molecule has 0 aliphatic heterocycles. The van der Waals surface area contributed by atoms with Crippen molar-refractivity contribution in [1.29, 1.82) is 0 Å². The number of anilines is 1. The SMILES string of the molecule is Cc1cc(C(=O)Nc2ccc(SC(C)C)cc2)c(C)n1-c1ccccc1C(F)(F)F. The number of halogens is 3. The number of hydrogen-bond acceptors (Lipinski definition) is 2. The summed E-state index contributed by atoms with van der Waals surface area (Å²) >= 11 is 1.72. The highest BCUT2D eigenvalue weighted by atomic mass is 32.2. The van der Waals surface area contributed by atoms with Gasteiger partial charge in [-0.25, -0.2) is 0 Å². The van der Waals surface area contributed by atoms with E-state index in [1.165, 1.54) is 16.7 Å². The lowest BCUT2D eigenvalue weighted by Gasteiger charge is -2.16. The van der Waals surface area contributed by atoms with Crippen LogP contribution >= 0.6 is 11.8 Å². The number of aromatic nitrogens is 1. The largest absolute Gasteiger partial charge is 0.418 e. The van der Waals surface area contributed by atoms with Gasteiger partial charge in [-0.1, -0.05) is 26.0 Å². The van der Waals surface area contributed by atoms with Crippen LogP contribution in [0.3, 0.4) is 0 Å². The minimum Gasteiger partial charge on any atom is -0.322 e. The van der Waals surface area contributed by atoms with Gasteiger partial charge in [0.25, 0.3) is 5.91 Å². The minimum absolute atomic E-state index is 0.00844. The number of alkyl halides is 3. The highest BCUT2D eigenvalue weighted by molar-refractivity contribution is 7.99. The topological polar surface area (TPSA) is 34.0 Å². The molecule has 0 aliphatic rings. The zero-order valence-electron chi connectivity index (χ0n) is 17.2. The average Bonchev–Trinajstić information content (AvgIpc) is 2.96. The van der Waals surface area contributed by atoms with E-state index in [9.17, 15) is 18.0 Å². The van der Waals surface area contributed by atoms with E-state index in [4.69, 9.17) is 0 Å². The molecule has 3 nitrogen and oxygen atoms in total. The smallest absolute Gasteiger partial charge is 0.322 e. The van der Waals surface area contributed by atoms with Crippen LogP contribution in [0.2, 0.25) is 0 Å². The first-order valence-electron chi connectivity index (χ1n) is 9.51. The molecule has 1 heterocycles. The number of carbonyl (C=O) groups is 1. The van der Waals surface area contributed by atoms with Crippen molar-refractivity contribution >= 4 is 23.4 Å². The summed E-state index contributed by atoms with van der Waals surface area (Å²) in [6.45, 7) is 7.55. The van der Waals surface area contributed by atoms with Gasteiger partial charge in [-0.2, -0.15) is 13.2 Å². The van der Waals surface area contributed by atoms with Crippen molar-refractivity contribution in [1.82, 2.24) is 4.57 Å². The van der Waals surface area contributed by atoms with E-state index in [1.54, 1.807) is 37.7 Å². The lowest BCUT2D eigenvalue weighted by Crippen LogP contribution is -2.14. The van der Waals surface area contributed by atoms with Crippen molar-refractivity contribution in [2.45, 2.75) is 44.0 Å². The molecule has 0 bridgehead atoms. The van der Waals surface area contributed by atoms with Gasteiger partial charge >= 0.3 is 6.18 Å². The summed E-state index contributed by atoms with van der Waals surface area (Å²) in [5, 5.41) is 3.29. The van der Waals surface area contributed by atoms with Gasteiger partial charge in [0.05, 0.1) is 16.8 Å². The number of hydrogen-bond donors (Lipinski definition) is 1. The molecule has 0 atom stereocenters. The molecule has 0 unspecified atom stereocenters. The van der Waals surface area contributed by atoms with E-state index in [-0.39, 0.29) is 11.6 Å². The first kappa shape index (κ1) is 22.0. The van der Waals surface area contributed by atoms with E-state index >= 15 is 0 Å². The molecule has 3 aromatic rings. The van der Waals surface area contributed by atoms with Crippen molar-refractivity contribution in [3.8, 4) is 5.69 Å². The van der Waals surface area contributed by atoms with Gasteiger partial charge in [-0.05, 0) is 56.3 Å². The number of thioether (sulfide) groups is 1. The quantitative estimate of drug-likeness (QED) is 0.447. The van der Waals surface area contributed by atoms with E-state index in [1.807, 2.05) is 24.3 Å². The second-order valence-corrected chi connectivity index (χ2v) is 8.93. The van der Waals surface area contributed by atoms with Crippen molar-refractivity contribution in [3.63, 3.8) is 0 Å². The van der Waals surface area contributed by atoms with Crippen LogP contribution in [0.15, 0.2) is 59.5 Å². The number of amides is 1. The Morgan fingerprint density at radius 1 is 1.03 bits per heavy atom. The fourth-order valence-electron chi connectivity index (χ4n) is 3.36. The number of nitrogens with one attached hydrogen (secondary N) is 1. The molecule has 0 spiro atoms. The minimum atomic E-state index is -4.49. The molecule has 1 N–H and O–H groups in total. The van der Waals surface area contributed by atoms with Gasteiger partial charge in [0.15, 0.2) is 0 Å². The molecule has 1 amide bonds. The van der Waals surface area contributed by atoms with Crippen molar-refractivity contribution in [2.75, 3.05) is 5.32 Å². The molecule has 30 heavy (non-hydrogen) atoms.